The first-order chi connectivity index (χ1) is 11.6. The number of halogens is 2. The zero-order valence-corrected chi connectivity index (χ0v) is 16.4. The quantitative estimate of drug-likeness (QED) is 0.651. The summed E-state index contributed by atoms with van der Waals surface area (Å²) < 4.78 is 8.33. The minimum absolute atomic E-state index is 0. The lowest BCUT2D eigenvalue weighted by Crippen LogP contribution is -2.13. The van der Waals surface area contributed by atoms with E-state index in [1.807, 2.05) is 12.1 Å². The van der Waals surface area contributed by atoms with Gasteiger partial charge in [0.1, 0.15) is 5.75 Å². The molecule has 1 fully saturated rings. The van der Waals surface area contributed by atoms with E-state index in [1.54, 1.807) is 7.11 Å². The number of rotatable bonds is 5. The van der Waals surface area contributed by atoms with Gasteiger partial charge in [-0.2, -0.15) is 0 Å². The molecule has 1 aromatic carbocycles. The Kier molecular flexibility index (Phi) is 5.37. The molecule has 2 N–H and O–H groups in total. The van der Waals surface area contributed by atoms with Gasteiger partial charge in [0.05, 0.1) is 23.3 Å². The first kappa shape index (κ1) is 18.2. The highest BCUT2D eigenvalue weighted by Gasteiger charge is 2.25. The zero-order valence-electron chi connectivity index (χ0n) is 14.0. The summed E-state index contributed by atoms with van der Waals surface area (Å²) >= 11 is 3.65. The number of nitrogens with two attached hydrogens (primary N) is 1. The molecule has 1 atom stereocenters. The van der Waals surface area contributed by atoms with Gasteiger partial charge in [-0.1, -0.05) is 12.1 Å². The van der Waals surface area contributed by atoms with Gasteiger partial charge in [0, 0.05) is 12.4 Å². The van der Waals surface area contributed by atoms with Crippen molar-refractivity contribution in [3.05, 3.63) is 64.0 Å². The largest absolute Gasteiger partial charge is 0.497 e. The maximum atomic E-state index is 6.40. The number of ether oxygens (including phenoxy) is 1. The molecule has 132 valence electrons. The summed E-state index contributed by atoms with van der Waals surface area (Å²) in [5.41, 5.74) is 10.8. The lowest BCUT2D eigenvalue weighted by atomic mass is 10.0. The number of imidazole rings is 1. The number of nitrogens with zero attached hydrogens (tertiary/aromatic N) is 2. The lowest BCUT2D eigenvalue weighted by Gasteiger charge is -2.09. The van der Waals surface area contributed by atoms with Gasteiger partial charge in [-0.3, -0.25) is 0 Å². The van der Waals surface area contributed by atoms with Crippen LogP contribution in [0.25, 0.3) is 5.65 Å². The van der Waals surface area contributed by atoms with Gasteiger partial charge in [-0.15, -0.1) is 12.4 Å². The van der Waals surface area contributed by atoms with E-state index in [0.29, 0.717) is 5.92 Å². The Morgan fingerprint density at radius 2 is 2.00 bits per heavy atom. The van der Waals surface area contributed by atoms with Crippen LogP contribution in [0.3, 0.4) is 0 Å². The van der Waals surface area contributed by atoms with Gasteiger partial charge in [-0.05, 0) is 70.4 Å². The Morgan fingerprint density at radius 3 is 2.64 bits per heavy atom. The average Bonchev–Trinajstić information content (AvgIpc) is 3.34. The fourth-order valence-electron chi connectivity index (χ4n) is 3.04. The fraction of sp³-hybridized carbons (Fsp3) is 0.316. The highest BCUT2D eigenvalue weighted by molar-refractivity contribution is 9.10. The molecule has 1 aliphatic carbocycles. The highest BCUT2D eigenvalue weighted by atomic mass is 79.9. The van der Waals surface area contributed by atoms with Crippen molar-refractivity contribution in [3.8, 4) is 5.75 Å². The summed E-state index contributed by atoms with van der Waals surface area (Å²) in [5, 5.41) is 0. The number of hydrogen-bond acceptors (Lipinski definition) is 3. The van der Waals surface area contributed by atoms with Crippen molar-refractivity contribution in [2.45, 2.75) is 31.2 Å². The predicted molar refractivity (Wildman–Crippen MR) is 106 cm³/mol. The lowest BCUT2D eigenvalue weighted by molar-refractivity contribution is 0.414. The average molecular weight is 423 g/mol. The number of methoxy groups -OCH3 is 1. The monoisotopic (exact) mass is 421 g/mol. The number of hydrogen-bond donors (Lipinski definition) is 1. The molecule has 0 amide bonds. The van der Waals surface area contributed by atoms with E-state index in [1.165, 1.54) is 24.0 Å². The Labute approximate surface area is 161 Å². The predicted octanol–water partition coefficient (Wildman–Crippen LogP) is 4.65. The molecule has 1 unspecified atom stereocenters. The molecule has 0 aliphatic heterocycles. The molecule has 1 aliphatic rings. The molecular weight excluding hydrogens is 402 g/mol. The second-order valence-corrected chi connectivity index (χ2v) is 7.31. The van der Waals surface area contributed by atoms with Crippen LogP contribution < -0.4 is 10.5 Å². The number of aromatic nitrogens is 2. The van der Waals surface area contributed by atoms with E-state index in [0.717, 1.165) is 28.0 Å². The van der Waals surface area contributed by atoms with E-state index in [2.05, 4.69) is 50.9 Å². The molecule has 4 nitrogen and oxygen atoms in total. The van der Waals surface area contributed by atoms with Crippen LogP contribution in [0.2, 0.25) is 0 Å². The highest BCUT2D eigenvalue weighted by Crippen LogP contribution is 2.41. The molecule has 0 spiro atoms. The summed E-state index contributed by atoms with van der Waals surface area (Å²) in [6.45, 7) is 0. The van der Waals surface area contributed by atoms with Crippen LogP contribution in [0.4, 0.5) is 0 Å². The van der Waals surface area contributed by atoms with Crippen molar-refractivity contribution in [2.24, 2.45) is 5.73 Å². The number of benzene rings is 1. The zero-order chi connectivity index (χ0) is 16.7. The molecule has 6 heteroatoms. The summed E-state index contributed by atoms with van der Waals surface area (Å²) in [5.74, 6) is 1.57. The van der Waals surface area contributed by atoms with E-state index in [9.17, 15) is 0 Å². The van der Waals surface area contributed by atoms with Crippen LogP contribution in [0.15, 0.2) is 47.2 Å². The van der Waals surface area contributed by atoms with E-state index in [-0.39, 0.29) is 18.4 Å². The maximum absolute atomic E-state index is 6.40. The summed E-state index contributed by atoms with van der Waals surface area (Å²) in [7, 11) is 1.67. The third-order valence-corrected chi connectivity index (χ3v) is 5.17. The van der Waals surface area contributed by atoms with Gasteiger partial charge < -0.3 is 14.9 Å². The number of fused-ring (bicyclic) bond motifs is 1. The minimum Gasteiger partial charge on any atom is -0.497 e. The summed E-state index contributed by atoms with van der Waals surface area (Å²) in [6.07, 6.45) is 7.57. The van der Waals surface area contributed by atoms with Crippen LogP contribution >= 0.6 is 28.3 Å². The molecular formula is C19H21BrClN3O. The smallest absolute Gasteiger partial charge is 0.151 e. The van der Waals surface area contributed by atoms with Gasteiger partial charge in [0.15, 0.2) is 5.65 Å². The molecule has 0 radical (unpaired) electrons. The van der Waals surface area contributed by atoms with Crippen LogP contribution in [-0.2, 0) is 6.42 Å². The molecule has 1 saturated carbocycles. The second-order valence-electron chi connectivity index (χ2n) is 6.45. The van der Waals surface area contributed by atoms with Crippen molar-refractivity contribution in [1.82, 2.24) is 9.38 Å². The van der Waals surface area contributed by atoms with Crippen molar-refractivity contribution in [3.63, 3.8) is 0 Å². The Morgan fingerprint density at radius 1 is 1.28 bits per heavy atom. The van der Waals surface area contributed by atoms with Gasteiger partial charge >= 0.3 is 0 Å². The molecule has 25 heavy (non-hydrogen) atoms. The standard InChI is InChI=1S/C19H20BrN3O.ClH/c1-24-15-6-2-12(3-7-15)8-17(21)18-11-23-10-14(13-4-5-13)9-16(20)19(23)22-18;/h2-3,6-7,9-11,13,17H,4-5,8,21H2,1H3;1H. The first-order valence-corrected chi connectivity index (χ1v) is 9.00. The normalized spacial score (nSPS) is 15.0. The maximum Gasteiger partial charge on any atom is 0.151 e. The van der Waals surface area contributed by atoms with Crippen LogP contribution in [0.5, 0.6) is 5.75 Å². The molecule has 2 heterocycles. The Bertz CT molecular complexity index is 874. The Balaban J connectivity index is 0.00000182. The fourth-order valence-corrected chi connectivity index (χ4v) is 3.59. The van der Waals surface area contributed by atoms with Gasteiger partial charge in [0.25, 0.3) is 0 Å². The van der Waals surface area contributed by atoms with Crippen molar-refractivity contribution in [1.29, 1.82) is 0 Å². The second kappa shape index (κ2) is 7.36. The first-order valence-electron chi connectivity index (χ1n) is 8.20. The van der Waals surface area contributed by atoms with Crippen LogP contribution in [0.1, 0.15) is 41.6 Å². The van der Waals surface area contributed by atoms with Crippen LogP contribution in [-0.4, -0.2) is 16.5 Å². The third-order valence-electron chi connectivity index (χ3n) is 4.59. The number of pyridine rings is 1. The molecule has 2 aromatic heterocycles. The van der Waals surface area contributed by atoms with Crippen LogP contribution in [0, 0.1) is 0 Å². The topological polar surface area (TPSA) is 52.5 Å². The third kappa shape index (κ3) is 3.84. The van der Waals surface area contributed by atoms with E-state index >= 15 is 0 Å². The van der Waals surface area contributed by atoms with Gasteiger partial charge in [-0.25, -0.2) is 4.98 Å². The van der Waals surface area contributed by atoms with E-state index in [4.69, 9.17) is 15.5 Å². The van der Waals surface area contributed by atoms with Crippen molar-refractivity contribution in [2.75, 3.05) is 7.11 Å². The van der Waals surface area contributed by atoms with Crippen molar-refractivity contribution >= 4 is 34.0 Å². The molecule has 4 rings (SSSR count). The molecule has 0 saturated heterocycles. The SMILES string of the molecule is COc1ccc(CC(N)c2cn3cc(C4CC4)cc(Br)c3n2)cc1.Cl. The van der Waals surface area contributed by atoms with E-state index < -0.39 is 0 Å². The summed E-state index contributed by atoms with van der Waals surface area (Å²) in [4.78, 5) is 4.73. The minimum atomic E-state index is -0.130. The summed E-state index contributed by atoms with van der Waals surface area (Å²) in [6, 6.07) is 10.1. The van der Waals surface area contributed by atoms with Gasteiger partial charge in [0.2, 0.25) is 0 Å². The molecule has 0 bridgehead atoms. The molecule has 3 aromatic rings. The van der Waals surface area contributed by atoms with Crippen molar-refractivity contribution < 1.29 is 4.74 Å². The Hall–Kier alpha value is -1.56.